The number of ether oxygens (including phenoxy) is 2. The maximum Gasteiger partial charge on any atom is 0.261 e. The summed E-state index contributed by atoms with van der Waals surface area (Å²) < 4.78 is 12.4. The Hall–Kier alpha value is -3.35. The average molecular weight is 436 g/mol. The van der Waals surface area contributed by atoms with E-state index in [1.165, 1.54) is 0 Å². The number of aryl methyl sites for hydroxylation is 1. The first kappa shape index (κ1) is 21.9. The van der Waals surface area contributed by atoms with E-state index in [4.69, 9.17) is 14.5 Å². The topological polar surface area (TPSA) is 73.7 Å². The maximum absolute atomic E-state index is 13.1. The molecule has 32 heavy (non-hydrogen) atoms. The van der Waals surface area contributed by atoms with Gasteiger partial charge in [-0.15, -0.1) is 0 Å². The number of para-hydroxylation sites is 1. The van der Waals surface area contributed by atoms with Gasteiger partial charge in [0.05, 0.1) is 25.1 Å². The number of carbonyl (C=O) groups is 1. The highest BCUT2D eigenvalue weighted by molar-refractivity contribution is 5.95. The molecule has 168 valence electrons. The Bertz CT molecular complexity index is 1160. The van der Waals surface area contributed by atoms with Crippen molar-refractivity contribution in [3.63, 3.8) is 0 Å². The molecule has 0 spiro atoms. The zero-order chi connectivity index (χ0) is 22.7. The van der Waals surface area contributed by atoms with Gasteiger partial charge in [0.15, 0.2) is 0 Å². The lowest BCUT2D eigenvalue weighted by molar-refractivity contribution is 0.0681. The largest absolute Gasteiger partial charge is 0.497 e. The highest BCUT2D eigenvalue weighted by Gasteiger charge is 2.25. The first-order chi connectivity index (χ1) is 15.5. The second-order valence-electron chi connectivity index (χ2n) is 8.15. The van der Waals surface area contributed by atoms with E-state index in [9.17, 15) is 9.59 Å². The van der Waals surface area contributed by atoms with Crippen LogP contribution in [0.1, 0.15) is 35.9 Å². The number of rotatable bonds is 6. The Morgan fingerprint density at radius 1 is 1.06 bits per heavy atom. The van der Waals surface area contributed by atoms with Crippen LogP contribution in [0.4, 0.5) is 0 Å². The van der Waals surface area contributed by atoms with E-state index < -0.39 is 0 Å². The minimum atomic E-state index is -0.0283. The van der Waals surface area contributed by atoms with Crippen molar-refractivity contribution in [2.24, 2.45) is 5.92 Å². The molecule has 0 radical (unpaired) electrons. The lowest BCUT2D eigenvalue weighted by Gasteiger charge is -2.32. The predicted octanol–water partition coefficient (Wildman–Crippen LogP) is 3.53. The van der Waals surface area contributed by atoms with Crippen LogP contribution in [0.25, 0.3) is 10.9 Å². The summed E-state index contributed by atoms with van der Waals surface area (Å²) >= 11 is 0. The van der Waals surface area contributed by atoms with Crippen molar-refractivity contribution in [1.82, 2.24) is 14.5 Å². The fourth-order valence-electron chi connectivity index (χ4n) is 4.36. The summed E-state index contributed by atoms with van der Waals surface area (Å²) in [6, 6.07) is 12.7. The van der Waals surface area contributed by atoms with Gasteiger partial charge in [-0.1, -0.05) is 19.1 Å². The molecular formula is C25H29N3O4. The third kappa shape index (κ3) is 4.33. The van der Waals surface area contributed by atoms with Crippen molar-refractivity contribution in [2.75, 3.05) is 27.3 Å². The molecule has 0 saturated carbocycles. The molecule has 2 heterocycles. The van der Waals surface area contributed by atoms with Crippen molar-refractivity contribution >= 4 is 16.8 Å². The fraction of sp³-hybridized carbons (Fsp3) is 0.400. The minimum Gasteiger partial charge on any atom is -0.497 e. The molecular weight excluding hydrogens is 406 g/mol. The Balaban J connectivity index is 1.47. The zero-order valence-electron chi connectivity index (χ0n) is 18.8. The average Bonchev–Trinajstić information content (AvgIpc) is 2.85. The second-order valence-corrected chi connectivity index (χ2v) is 8.15. The van der Waals surface area contributed by atoms with E-state index in [0.717, 1.165) is 24.2 Å². The number of amides is 1. The van der Waals surface area contributed by atoms with Crippen molar-refractivity contribution in [1.29, 1.82) is 0 Å². The van der Waals surface area contributed by atoms with Crippen LogP contribution in [0.15, 0.2) is 47.3 Å². The summed E-state index contributed by atoms with van der Waals surface area (Å²) in [5, 5.41) is 0.657. The monoisotopic (exact) mass is 435 g/mol. The SMILES string of the molecule is CCc1nc2ccccc2c(=O)n1CC1CCN(C(=O)c2cc(OC)cc(OC)c2)CC1. The van der Waals surface area contributed by atoms with E-state index in [1.54, 1.807) is 32.4 Å². The van der Waals surface area contributed by atoms with Gasteiger partial charge in [-0.3, -0.25) is 14.2 Å². The third-order valence-electron chi connectivity index (χ3n) is 6.20. The van der Waals surface area contributed by atoms with Crippen LogP contribution >= 0.6 is 0 Å². The molecule has 1 aromatic heterocycles. The molecule has 1 amide bonds. The minimum absolute atomic E-state index is 0.0226. The fourth-order valence-corrected chi connectivity index (χ4v) is 4.36. The lowest BCUT2D eigenvalue weighted by atomic mass is 9.96. The quantitative estimate of drug-likeness (QED) is 0.592. The van der Waals surface area contributed by atoms with Crippen LogP contribution in [0, 0.1) is 5.92 Å². The Kier molecular flexibility index (Phi) is 6.44. The lowest BCUT2D eigenvalue weighted by Crippen LogP contribution is -2.40. The highest BCUT2D eigenvalue weighted by Crippen LogP contribution is 2.26. The number of piperidine rings is 1. The van der Waals surface area contributed by atoms with E-state index in [1.807, 2.05) is 40.7 Å². The second kappa shape index (κ2) is 9.42. The van der Waals surface area contributed by atoms with Gasteiger partial charge in [0.25, 0.3) is 11.5 Å². The molecule has 3 aromatic rings. The van der Waals surface area contributed by atoms with Crippen LogP contribution < -0.4 is 15.0 Å². The Morgan fingerprint density at radius 2 is 1.72 bits per heavy atom. The molecule has 7 nitrogen and oxygen atoms in total. The van der Waals surface area contributed by atoms with Crippen LogP contribution in [-0.2, 0) is 13.0 Å². The first-order valence-electron chi connectivity index (χ1n) is 11.0. The van der Waals surface area contributed by atoms with Gasteiger partial charge in [0.1, 0.15) is 17.3 Å². The molecule has 1 fully saturated rings. The van der Waals surface area contributed by atoms with Gasteiger partial charge in [-0.05, 0) is 43.0 Å². The molecule has 0 bridgehead atoms. The normalized spacial score (nSPS) is 14.5. The molecule has 0 atom stereocenters. The molecule has 0 aliphatic carbocycles. The van der Waals surface area contributed by atoms with Gasteiger partial charge >= 0.3 is 0 Å². The summed E-state index contributed by atoms with van der Waals surface area (Å²) in [5.74, 6) is 2.30. The summed E-state index contributed by atoms with van der Waals surface area (Å²) in [4.78, 5) is 32.7. The molecule has 1 saturated heterocycles. The molecule has 2 aromatic carbocycles. The number of likely N-dealkylation sites (tertiary alicyclic amines) is 1. The summed E-state index contributed by atoms with van der Waals surface area (Å²) in [6.45, 7) is 3.96. The van der Waals surface area contributed by atoms with Gasteiger partial charge in [0.2, 0.25) is 0 Å². The van der Waals surface area contributed by atoms with E-state index in [-0.39, 0.29) is 11.5 Å². The number of carbonyl (C=O) groups excluding carboxylic acids is 1. The van der Waals surface area contributed by atoms with Crippen LogP contribution in [0.3, 0.4) is 0 Å². The van der Waals surface area contributed by atoms with Crippen molar-refractivity contribution in [2.45, 2.75) is 32.7 Å². The smallest absolute Gasteiger partial charge is 0.261 e. The number of aromatic nitrogens is 2. The Morgan fingerprint density at radius 3 is 2.34 bits per heavy atom. The summed E-state index contributed by atoms with van der Waals surface area (Å²) in [5.41, 5.74) is 1.33. The molecule has 1 aliphatic heterocycles. The van der Waals surface area contributed by atoms with Gasteiger partial charge in [-0.2, -0.15) is 0 Å². The predicted molar refractivity (Wildman–Crippen MR) is 124 cm³/mol. The van der Waals surface area contributed by atoms with Gasteiger partial charge in [0, 0.05) is 37.7 Å². The van der Waals surface area contributed by atoms with Crippen molar-refractivity contribution < 1.29 is 14.3 Å². The first-order valence-corrected chi connectivity index (χ1v) is 11.0. The van der Waals surface area contributed by atoms with Crippen molar-refractivity contribution in [3.8, 4) is 11.5 Å². The number of fused-ring (bicyclic) bond motifs is 1. The third-order valence-corrected chi connectivity index (χ3v) is 6.20. The van der Waals surface area contributed by atoms with Gasteiger partial charge < -0.3 is 14.4 Å². The van der Waals surface area contributed by atoms with E-state index in [2.05, 4.69) is 0 Å². The van der Waals surface area contributed by atoms with E-state index >= 15 is 0 Å². The molecule has 0 N–H and O–H groups in total. The summed E-state index contributed by atoms with van der Waals surface area (Å²) in [7, 11) is 3.14. The van der Waals surface area contributed by atoms with Crippen LogP contribution in [-0.4, -0.2) is 47.7 Å². The van der Waals surface area contributed by atoms with Crippen LogP contribution in [0.5, 0.6) is 11.5 Å². The number of nitrogens with zero attached hydrogens (tertiary/aromatic N) is 3. The molecule has 7 heteroatoms. The zero-order valence-corrected chi connectivity index (χ0v) is 18.8. The molecule has 4 rings (SSSR count). The molecule has 1 aliphatic rings. The summed E-state index contributed by atoms with van der Waals surface area (Å²) in [6.07, 6.45) is 2.39. The maximum atomic E-state index is 13.1. The number of benzene rings is 2. The van der Waals surface area contributed by atoms with Crippen LogP contribution in [0.2, 0.25) is 0 Å². The highest BCUT2D eigenvalue weighted by atomic mass is 16.5. The standard InChI is InChI=1S/C25H29N3O4/c1-4-23-26-22-8-6-5-7-21(22)25(30)28(23)16-17-9-11-27(12-10-17)24(29)18-13-19(31-2)15-20(14-18)32-3/h5-8,13-15,17H,4,9-12,16H2,1-3H3. The van der Waals surface area contributed by atoms with Crippen molar-refractivity contribution in [3.05, 3.63) is 64.2 Å². The number of methoxy groups -OCH3 is 2. The number of hydrogen-bond donors (Lipinski definition) is 0. The van der Waals surface area contributed by atoms with Gasteiger partial charge in [-0.25, -0.2) is 4.98 Å². The molecule has 0 unspecified atom stereocenters. The Labute approximate surface area is 187 Å². The van der Waals surface area contributed by atoms with E-state index in [0.29, 0.717) is 54.4 Å². The number of hydrogen-bond acceptors (Lipinski definition) is 5.